The molecule has 1 aromatic carbocycles. The Labute approximate surface area is 121 Å². The van der Waals surface area contributed by atoms with Gasteiger partial charge in [0, 0.05) is 4.90 Å². The first-order valence-electron chi connectivity index (χ1n) is 6.49. The van der Waals surface area contributed by atoms with E-state index in [0.29, 0.717) is 28.8 Å². The van der Waals surface area contributed by atoms with E-state index in [1.807, 2.05) is 13.8 Å². The van der Waals surface area contributed by atoms with Crippen LogP contribution in [0.5, 0.6) is 0 Å². The van der Waals surface area contributed by atoms with Crippen molar-refractivity contribution in [1.82, 2.24) is 10.1 Å². The van der Waals surface area contributed by atoms with Gasteiger partial charge in [0.2, 0.25) is 5.89 Å². The van der Waals surface area contributed by atoms with Crippen molar-refractivity contribution in [3.63, 3.8) is 0 Å². The van der Waals surface area contributed by atoms with Gasteiger partial charge in [-0.2, -0.15) is 4.98 Å². The van der Waals surface area contributed by atoms with Gasteiger partial charge in [0.15, 0.2) is 5.82 Å². The Morgan fingerprint density at radius 2 is 2.15 bits per heavy atom. The van der Waals surface area contributed by atoms with Crippen molar-refractivity contribution in [3.05, 3.63) is 41.8 Å². The maximum Gasteiger partial charge on any atom is 0.232 e. The Kier molecular flexibility index (Phi) is 5.14. The summed E-state index contributed by atoms with van der Waals surface area (Å²) < 4.78 is 18.6. The molecule has 0 radical (unpaired) electrons. The molecule has 0 spiro atoms. The number of hydrogen-bond donors (Lipinski definition) is 1. The summed E-state index contributed by atoms with van der Waals surface area (Å²) in [6.45, 7) is 3.74. The number of aromatic nitrogens is 2. The predicted molar refractivity (Wildman–Crippen MR) is 75.0 cm³/mol. The van der Waals surface area contributed by atoms with Crippen molar-refractivity contribution in [2.24, 2.45) is 0 Å². The van der Waals surface area contributed by atoms with Crippen LogP contribution in [-0.2, 0) is 5.75 Å². The Hall–Kier alpha value is -1.40. The van der Waals surface area contributed by atoms with E-state index in [0.717, 1.165) is 0 Å². The highest BCUT2D eigenvalue weighted by Crippen LogP contribution is 2.25. The third-order valence-corrected chi connectivity index (χ3v) is 4.11. The van der Waals surface area contributed by atoms with Crippen LogP contribution in [-0.4, -0.2) is 21.4 Å². The van der Waals surface area contributed by atoms with E-state index in [2.05, 4.69) is 10.1 Å². The van der Waals surface area contributed by atoms with Crippen molar-refractivity contribution in [1.29, 1.82) is 0 Å². The average Bonchev–Trinajstić information content (AvgIpc) is 2.93. The van der Waals surface area contributed by atoms with Crippen LogP contribution in [0.25, 0.3) is 0 Å². The maximum atomic E-state index is 13.5. The normalized spacial score (nSPS) is 14.2. The molecule has 4 nitrogen and oxygen atoms in total. The van der Waals surface area contributed by atoms with E-state index in [-0.39, 0.29) is 11.7 Å². The molecule has 1 aromatic heterocycles. The SMILES string of the molecule is CCC(O)C(C)c1nc(CSc2ccccc2F)no1. The van der Waals surface area contributed by atoms with Crippen molar-refractivity contribution in [2.75, 3.05) is 0 Å². The number of aliphatic hydroxyl groups is 1. The number of halogens is 1. The number of thioether (sulfide) groups is 1. The lowest BCUT2D eigenvalue weighted by Crippen LogP contribution is -2.14. The molecule has 1 N–H and O–H groups in total. The number of benzene rings is 1. The van der Waals surface area contributed by atoms with Gasteiger partial charge in [-0.3, -0.25) is 0 Å². The highest BCUT2D eigenvalue weighted by atomic mass is 32.2. The minimum Gasteiger partial charge on any atom is -0.392 e. The molecule has 0 fully saturated rings. The summed E-state index contributed by atoms with van der Waals surface area (Å²) in [5.74, 6) is 0.905. The first-order valence-corrected chi connectivity index (χ1v) is 7.48. The van der Waals surface area contributed by atoms with E-state index in [4.69, 9.17) is 4.52 Å². The Morgan fingerprint density at radius 1 is 1.40 bits per heavy atom. The summed E-state index contributed by atoms with van der Waals surface area (Å²) >= 11 is 1.32. The minimum absolute atomic E-state index is 0.195. The largest absolute Gasteiger partial charge is 0.392 e. The molecule has 2 unspecified atom stereocenters. The fourth-order valence-corrected chi connectivity index (χ4v) is 2.52. The molecular weight excluding hydrogens is 279 g/mol. The van der Waals surface area contributed by atoms with Gasteiger partial charge in [0.05, 0.1) is 17.8 Å². The minimum atomic E-state index is -0.498. The van der Waals surface area contributed by atoms with Crippen molar-refractivity contribution in [2.45, 2.75) is 42.9 Å². The van der Waals surface area contributed by atoms with Crippen LogP contribution < -0.4 is 0 Å². The van der Waals surface area contributed by atoms with Gasteiger partial charge in [-0.15, -0.1) is 11.8 Å². The Balaban J connectivity index is 1.98. The zero-order valence-electron chi connectivity index (χ0n) is 11.4. The summed E-state index contributed by atoms with van der Waals surface area (Å²) in [5, 5.41) is 13.6. The summed E-state index contributed by atoms with van der Waals surface area (Å²) in [6.07, 6.45) is 0.130. The Bertz CT molecular complexity index is 562. The fraction of sp³-hybridized carbons (Fsp3) is 0.429. The van der Waals surface area contributed by atoms with Crippen molar-refractivity contribution in [3.8, 4) is 0 Å². The van der Waals surface area contributed by atoms with Gasteiger partial charge in [-0.05, 0) is 18.6 Å². The van der Waals surface area contributed by atoms with Crippen LogP contribution in [0.1, 0.15) is 37.9 Å². The molecule has 0 saturated heterocycles. The van der Waals surface area contributed by atoms with Gasteiger partial charge in [-0.1, -0.05) is 31.1 Å². The summed E-state index contributed by atoms with van der Waals surface area (Å²) in [5.41, 5.74) is 0. The molecule has 2 aromatic rings. The first-order chi connectivity index (χ1) is 9.61. The molecule has 0 aliphatic carbocycles. The molecule has 0 saturated carbocycles. The third kappa shape index (κ3) is 3.58. The van der Waals surface area contributed by atoms with E-state index in [1.54, 1.807) is 18.2 Å². The van der Waals surface area contributed by atoms with Crippen LogP contribution in [0.3, 0.4) is 0 Å². The Morgan fingerprint density at radius 3 is 2.85 bits per heavy atom. The van der Waals surface area contributed by atoms with Crippen LogP contribution >= 0.6 is 11.8 Å². The lowest BCUT2D eigenvalue weighted by molar-refractivity contribution is 0.129. The van der Waals surface area contributed by atoms with Crippen LogP contribution in [0.4, 0.5) is 4.39 Å². The van der Waals surface area contributed by atoms with Crippen LogP contribution in [0.2, 0.25) is 0 Å². The van der Waals surface area contributed by atoms with Gasteiger partial charge in [-0.25, -0.2) is 4.39 Å². The molecule has 108 valence electrons. The molecule has 20 heavy (non-hydrogen) atoms. The fourth-order valence-electron chi connectivity index (χ4n) is 1.73. The molecule has 0 aliphatic heterocycles. The second-order valence-electron chi connectivity index (χ2n) is 4.53. The van der Waals surface area contributed by atoms with Crippen molar-refractivity contribution < 1.29 is 14.0 Å². The quantitative estimate of drug-likeness (QED) is 0.828. The standard InChI is InChI=1S/C14H17FN2O2S/c1-3-11(18)9(2)14-16-13(17-19-14)8-20-12-7-5-4-6-10(12)15/h4-7,9,11,18H,3,8H2,1-2H3. The van der Waals surface area contributed by atoms with Gasteiger partial charge in [0.25, 0.3) is 0 Å². The first kappa shape index (κ1) is 15.0. The molecule has 2 rings (SSSR count). The number of rotatable bonds is 6. The molecule has 0 bridgehead atoms. The van der Waals surface area contributed by atoms with Gasteiger partial charge < -0.3 is 9.63 Å². The summed E-state index contributed by atoms with van der Waals surface area (Å²) in [7, 11) is 0. The molecule has 0 amide bonds. The number of aliphatic hydroxyl groups excluding tert-OH is 1. The van der Waals surface area contributed by atoms with E-state index in [9.17, 15) is 9.50 Å². The van der Waals surface area contributed by atoms with Crippen LogP contribution in [0, 0.1) is 5.82 Å². The average molecular weight is 296 g/mol. The molecule has 2 atom stereocenters. The lowest BCUT2D eigenvalue weighted by atomic mass is 10.0. The second-order valence-corrected chi connectivity index (χ2v) is 5.55. The lowest BCUT2D eigenvalue weighted by Gasteiger charge is -2.11. The topological polar surface area (TPSA) is 59.2 Å². The predicted octanol–water partition coefficient (Wildman–Crippen LogP) is 3.38. The van der Waals surface area contributed by atoms with Gasteiger partial charge >= 0.3 is 0 Å². The number of nitrogens with zero attached hydrogens (tertiary/aromatic N) is 2. The van der Waals surface area contributed by atoms with E-state index in [1.165, 1.54) is 17.8 Å². The van der Waals surface area contributed by atoms with Crippen molar-refractivity contribution >= 4 is 11.8 Å². The van der Waals surface area contributed by atoms with Gasteiger partial charge in [0.1, 0.15) is 5.82 Å². The highest BCUT2D eigenvalue weighted by Gasteiger charge is 2.21. The zero-order valence-corrected chi connectivity index (χ0v) is 12.2. The maximum absolute atomic E-state index is 13.5. The monoisotopic (exact) mass is 296 g/mol. The molecule has 1 heterocycles. The molecule has 0 aliphatic rings. The molecular formula is C14H17FN2O2S. The zero-order chi connectivity index (χ0) is 14.5. The highest BCUT2D eigenvalue weighted by molar-refractivity contribution is 7.98. The third-order valence-electron chi connectivity index (χ3n) is 3.06. The number of hydrogen-bond acceptors (Lipinski definition) is 5. The van der Waals surface area contributed by atoms with E-state index < -0.39 is 6.10 Å². The summed E-state index contributed by atoms with van der Waals surface area (Å²) in [6, 6.07) is 6.57. The smallest absolute Gasteiger partial charge is 0.232 e. The molecule has 6 heteroatoms. The second kappa shape index (κ2) is 6.85. The summed E-state index contributed by atoms with van der Waals surface area (Å²) in [4.78, 5) is 4.80. The van der Waals surface area contributed by atoms with E-state index >= 15 is 0 Å². The van der Waals surface area contributed by atoms with Crippen LogP contribution in [0.15, 0.2) is 33.7 Å².